The number of carbonyl (C=O) groups excluding carboxylic acids is 2. The van der Waals surface area contributed by atoms with Gasteiger partial charge in [0.05, 0.1) is 24.8 Å². The summed E-state index contributed by atoms with van der Waals surface area (Å²) in [5.74, 6) is -3.01. The third-order valence-electron chi connectivity index (χ3n) is 5.69. The van der Waals surface area contributed by atoms with E-state index in [0.717, 1.165) is 12.1 Å². The van der Waals surface area contributed by atoms with Crippen LogP contribution in [0, 0.1) is 23.4 Å². The molecule has 2 amide bonds. The van der Waals surface area contributed by atoms with Gasteiger partial charge >= 0.3 is 0 Å². The maximum atomic E-state index is 14.1. The first-order valence-electron chi connectivity index (χ1n) is 10.3. The molecule has 0 unspecified atom stereocenters. The average Bonchev–Trinajstić information content (AvgIpc) is 2.81. The largest absolute Gasteiger partial charge is 0.497 e. The van der Waals surface area contributed by atoms with Gasteiger partial charge in [0.1, 0.15) is 23.2 Å². The van der Waals surface area contributed by atoms with Gasteiger partial charge in [-0.05, 0) is 60.5 Å². The summed E-state index contributed by atoms with van der Waals surface area (Å²) >= 11 is 0. The SMILES string of the molecule is COc1ccc(N2C(=O)CC[C@H](C(=O)Nc3ccc(F)cc3F)[C@@H]2c2ccc(F)cc2)cc1. The Bertz CT molecular complexity index is 1170. The minimum absolute atomic E-state index is 0.0910. The maximum absolute atomic E-state index is 14.1. The van der Waals surface area contributed by atoms with Crippen molar-refractivity contribution in [1.82, 2.24) is 0 Å². The fraction of sp³-hybridized carbons (Fsp3) is 0.200. The number of anilines is 2. The quantitative estimate of drug-likeness (QED) is 0.574. The molecule has 2 atom stereocenters. The van der Waals surface area contributed by atoms with Crippen LogP contribution in [0.3, 0.4) is 0 Å². The van der Waals surface area contributed by atoms with Crippen LogP contribution in [0.2, 0.25) is 0 Å². The van der Waals surface area contributed by atoms with E-state index >= 15 is 0 Å². The Labute approximate surface area is 188 Å². The Morgan fingerprint density at radius 1 is 0.970 bits per heavy atom. The number of nitrogens with one attached hydrogen (secondary N) is 1. The second-order valence-corrected chi connectivity index (χ2v) is 7.72. The van der Waals surface area contributed by atoms with Crippen LogP contribution in [-0.4, -0.2) is 18.9 Å². The van der Waals surface area contributed by atoms with Crippen molar-refractivity contribution < 1.29 is 27.5 Å². The first-order chi connectivity index (χ1) is 15.9. The number of amides is 2. The molecule has 1 N–H and O–H groups in total. The zero-order chi connectivity index (χ0) is 23.5. The summed E-state index contributed by atoms with van der Waals surface area (Å²) < 4.78 is 46.2. The smallest absolute Gasteiger partial charge is 0.230 e. The average molecular weight is 454 g/mol. The Hall–Kier alpha value is -3.81. The molecule has 0 saturated carbocycles. The minimum Gasteiger partial charge on any atom is -0.497 e. The predicted octanol–water partition coefficient (Wildman–Crippen LogP) is 5.24. The van der Waals surface area contributed by atoms with Gasteiger partial charge in [-0.1, -0.05) is 12.1 Å². The molecular weight excluding hydrogens is 433 g/mol. The zero-order valence-corrected chi connectivity index (χ0v) is 17.7. The standard InChI is InChI=1S/C25H21F3N2O3/c1-33-19-9-7-18(8-10-19)30-23(31)13-11-20(24(30)15-2-4-16(26)5-3-15)25(32)29-22-12-6-17(27)14-21(22)28/h2-10,12,14,20,24H,11,13H2,1H3,(H,29,32)/t20-,24-/m0/s1. The number of methoxy groups -OCH3 is 1. The number of carbonyl (C=O) groups is 2. The molecule has 1 fully saturated rings. The van der Waals surface area contributed by atoms with Crippen LogP contribution in [0.5, 0.6) is 5.75 Å². The van der Waals surface area contributed by atoms with Crippen molar-refractivity contribution in [2.24, 2.45) is 5.92 Å². The van der Waals surface area contributed by atoms with E-state index in [4.69, 9.17) is 4.74 Å². The third-order valence-corrected chi connectivity index (χ3v) is 5.69. The van der Waals surface area contributed by atoms with E-state index in [2.05, 4.69) is 5.32 Å². The van der Waals surface area contributed by atoms with Crippen molar-refractivity contribution in [3.05, 3.63) is 89.7 Å². The lowest BCUT2D eigenvalue weighted by Gasteiger charge is -2.41. The first-order valence-corrected chi connectivity index (χ1v) is 10.3. The molecule has 170 valence electrons. The number of benzene rings is 3. The highest BCUT2D eigenvalue weighted by Gasteiger charge is 2.41. The molecule has 8 heteroatoms. The van der Waals surface area contributed by atoms with Gasteiger partial charge in [0.25, 0.3) is 0 Å². The highest BCUT2D eigenvalue weighted by molar-refractivity contribution is 6.00. The Morgan fingerprint density at radius 2 is 1.64 bits per heavy atom. The molecular formula is C25H21F3N2O3. The molecule has 1 aliphatic heterocycles. The summed E-state index contributed by atoms with van der Waals surface area (Å²) in [6.45, 7) is 0. The monoisotopic (exact) mass is 454 g/mol. The Kier molecular flexibility index (Phi) is 6.35. The lowest BCUT2D eigenvalue weighted by atomic mass is 9.83. The lowest BCUT2D eigenvalue weighted by molar-refractivity contribution is -0.126. The number of hydrogen-bond acceptors (Lipinski definition) is 3. The van der Waals surface area contributed by atoms with Crippen molar-refractivity contribution in [2.45, 2.75) is 18.9 Å². The topological polar surface area (TPSA) is 58.6 Å². The minimum atomic E-state index is -0.902. The Morgan fingerprint density at radius 3 is 2.27 bits per heavy atom. The molecule has 3 aromatic rings. The molecule has 1 aliphatic rings. The van der Waals surface area contributed by atoms with Crippen molar-refractivity contribution >= 4 is 23.2 Å². The molecule has 5 nitrogen and oxygen atoms in total. The van der Waals surface area contributed by atoms with E-state index < -0.39 is 35.3 Å². The van der Waals surface area contributed by atoms with Gasteiger partial charge in [-0.25, -0.2) is 13.2 Å². The van der Waals surface area contributed by atoms with Gasteiger partial charge in [0, 0.05) is 18.2 Å². The van der Waals surface area contributed by atoms with Crippen LogP contribution in [0.4, 0.5) is 24.5 Å². The first kappa shape index (κ1) is 22.4. The van der Waals surface area contributed by atoms with E-state index in [0.29, 0.717) is 23.1 Å². The summed E-state index contributed by atoms with van der Waals surface area (Å²) in [7, 11) is 1.53. The molecule has 3 aromatic carbocycles. The van der Waals surface area contributed by atoms with Crippen molar-refractivity contribution in [2.75, 3.05) is 17.3 Å². The molecule has 1 heterocycles. The molecule has 33 heavy (non-hydrogen) atoms. The summed E-state index contributed by atoms with van der Waals surface area (Å²) in [4.78, 5) is 27.7. The molecule has 1 saturated heterocycles. The molecule has 4 rings (SSSR count). The summed E-state index contributed by atoms with van der Waals surface area (Å²) in [6.07, 6.45) is 0.301. The van der Waals surface area contributed by atoms with Gasteiger partial charge in [-0.2, -0.15) is 0 Å². The van der Waals surface area contributed by atoms with E-state index in [-0.39, 0.29) is 24.4 Å². The van der Waals surface area contributed by atoms with Crippen molar-refractivity contribution in [3.63, 3.8) is 0 Å². The molecule has 0 spiro atoms. The predicted molar refractivity (Wildman–Crippen MR) is 117 cm³/mol. The number of nitrogens with zero attached hydrogens (tertiary/aromatic N) is 1. The van der Waals surface area contributed by atoms with Gasteiger partial charge in [0.15, 0.2) is 0 Å². The second-order valence-electron chi connectivity index (χ2n) is 7.72. The summed E-state index contributed by atoms with van der Waals surface area (Å²) in [6, 6.07) is 14.5. The maximum Gasteiger partial charge on any atom is 0.230 e. The highest BCUT2D eigenvalue weighted by atomic mass is 19.1. The normalized spacial score (nSPS) is 18.2. The van der Waals surface area contributed by atoms with Crippen LogP contribution in [0.1, 0.15) is 24.4 Å². The van der Waals surface area contributed by atoms with Crippen molar-refractivity contribution in [3.8, 4) is 5.75 Å². The van der Waals surface area contributed by atoms with E-state index in [1.54, 1.807) is 24.3 Å². The zero-order valence-electron chi connectivity index (χ0n) is 17.7. The summed E-state index contributed by atoms with van der Waals surface area (Å²) in [5.41, 5.74) is 0.938. The third kappa shape index (κ3) is 4.69. The van der Waals surface area contributed by atoms with Crippen LogP contribution in [0.25, 0.3) is 0 Å². The van der Waals surface area contributed by atoms with Crippen LogP contribution < -0.4 is 15.0 Å². The van der Waals surface area contributed by atoms with E-state index in [9.17, 15) is 22.8 Å². The molecule has 0 radical (unpaired) electrons. The van der Waals surface area contributed by atoms with Crippen LogP contribution in [0.15, 0.2) is 66.7 Å². The number of piperidine rings is 1. The molecule has 0 aliphatic carbocycles. The van der Waals surface area contributed by atoms with E-state index in [1.807, 2.05) is 0 Å². The number of hydrogen-bond donors (Lipinski definition) is 1. The second kappa shape index (κ2) is 9.36. The number of halogens is 3. The summed E-state index contributed by atoms with van der Waals surface area (Å²) in [5, 5.41) is 2.51. The lowest BCUT2D eigenvalue weighted by Crippen LogP contribution is -2.47. The molecule has 0 bridgehead atoms. The van der Waals surface area contributed by atoms with Gasteiger partial charge < -0.3 is 15.0 Å². The Balaban J connectivity index is 1.73. The van der Waals surface area contributed by atoms with Crippen LogP contribution >= 0.6 is 0 Å². The van der Waals surface area contributed by atoms with Crippen molar-refractivity contribution in [1.29, 1.82) is 0 Å². The fourth-order valence-electron chi connectivity index (χ4n) is 4.07. The number of rotatable bonds is 5. The fourth-order valence-corrected chi connectivity index (χ4v) is 4.07. The van der Waals surface area contributed by atoms with E-state index in [1.165, 1.54) is 36.3 Å². The van der Waals surface area contributed by atoms with Gasteiger partial charge in [-0.3, -0.25) is 9.59 Å². The molecule has 0 aromatic heterocycles. The van der Waals surface area contributed by atoms with Gasteiger partial charge in [-0.15, -0.1) is 0 Å². The highest BCUT2D eigenvalue weighted by Crippen LogP contribution is 2.41. The van der Waals surface area contributed by atoms with Crippen LogP contribution in [-0.2, 0) is 9.59 Å². The van der Waals surface area contributed by atoms with Gasteiger partial charge in [0.2, 0.25) is 11.8 Å². The number of ether oxygens (including phenoxy) is 1.